The van der Waals surface area contributed by atoms with Crippen LogP contribution in [0.3, 0.4) is 0 Å². The first kappa shape index (κ1) is 15.5. The molecule has 5 nitrogen and oxygen atoms in total. The number of benzene rings is 1. The van der Waals surface area contributed by atoms with E-state index in [0.717, 1.165) is 31.5 Å². The molecule has 1 atom stereocenters. The molecule has 1 aromatic carbocycles. The number of nitrogens with zero attached hydrogens (tertiary/aromatic N) is 1. The lowest BCUT2D eigenvalue weighted by Crippen LogP contribution is -2.34. The molecular formula is C16H23N3O2. The number of carbonyl (C=O) groups excluding carboxylic acids is 2. The zero-order valence-electron chi connectivity index (χ0n) is 12.5. The molecular weight excluding hydrogens is 266 g/mol. The van der Waals surface area contributed by atoms with Gasteiger partial charge in [0.15, 0.2) is 0 Å². The molecule has 1 heterocycles. The molecule has 0 aromatic heterocycles. The fourth-order valence-electron chi connectivity index (χ4n) is 2.64. The third kappa shape index (κ3) is 4.56. The van der Waals surface area contributed by atoms with E-state index in [4.69, 9.17) is 5.73 Å². The van der Waals surface area contributed by atoms with Gasteiger partial charge in [-0.1, -0.05) is 12.1 Å². The van der Waals surface area contributed by atoms with E-state index in [1.165, 1.54) is 0 Å². The summed E-state index contributed by atoms with van der Waals surface area (Å²) in [4.78, 5) is 25.0. The summed E-state index contributed by atoms with van der Waals surface area (Å²) in [5.74, 6) is 0.185. The van der Waals surface area contributed by atoms with Crippen molar-refractivity contribution in [3.8, 4) is 0 Å². The second-order valence-corrected chi connectivity index (χ2v) is 5.73. The first-order valence-corrected chi connectivity index (χ1v) is 7.39. The number of piperidine rings is 1. The first-order valence-electron chi connectivity index (χ1n) is 7.39. The molecule has 2 amide bonds. The lowest BCUT2D eigenvalue weighted by Gasteiger charge is -2.25. The van der Waals surface area contributed by atoms with Gasteiger partial charge in [-0.15, -0.1) is 0 Å². The maximum absolute atomic E-state index is 12.2. The van der Waals surface area contributed by atoms with E-state index in [2.05, 4.69) is 5.32 Å². The predicted molar refractivity (Wildman–Crippen MR) is 81.6 cm³/mol. The fourth-order valence-corrected chi connectivity index (χ4v) is 2.64. The van der Waals surface area contributed by atoms with E-state index in [-0.39, 0.29) is 5.91 Å². The van der Waals surface area contributed by atoms with Crippen molar-refractivity contribution in [1.82, 2.24) is 10.2 Å². The Morgan fingerprint density at radius 3 is 2.62 bits per heavy atom. The molecule has 21 heavy (non-hydrogen) atoms. The van der Waals surface area contributed by atoms with Crippen molar-refractivity contribution in [1.29, 1.82) is 0 Å². The van der Waals surface area contributed by atoms with Crippen LogP contribution in [0, 0.1) is 5.92 Å². The summed E-state index contributed by atoms with van der Waals surface area (Å²) in [6, 6.07) is 7.07. The lowest BCUT2D eigenvalue weighted by atomic mass is 9.95. The molecule has 0 bridgehead atoms. The lowest BCUT2D eigenvalue weighted by molar-refractivity contribution is -0.131. The van der Waals surface area contributed by atoms with Gasteiger partial charge in [0.25, 0.3) is 0 Å². The Hall–Kier alpha value is -1.88. The molecule has 0 spiro atoms. The number of primary amides is 1. The van der Waals surface area contributed by atoms with E-state index in [1.54, 1.807) is 17.0 Å². The quantitative estimate of drug-likeness (QED) is 0.853. The Kier molecular flexibility index (Phi) is 5.33. The summed E-state index contributed by atoms with van der Waals surface area (Å²) in [6.45, 7) is 2.55. The average Bonchev–Trinajstić information content (AvgIpc) is 2.48. The second-order valence-electron chi connectivity index (χ2n) is 5.73. The highest BCUT2D eigenvalue weighted by Crippen LogP contribution is 2.16. The van der Waals surface area contributed by atoms with Gasteiger partial charge in [0.05, 0.1) is 0 Å². The van der Waals surface area contributed by atoms with Gasteiger partial charge >= 0.3 is 0 Å². The van der Waals surface area contributed by atoms with Gasteiger partial charge in [-0.05, 0) is 49.5 Å². The van der Waals surface area contributed by atoms with Crippen LogP contribution in [0.1, 0.15) is 35.2 Å². The molecule has 114 valence electrons. The molecule has 5 heteroatoms. The van der Waals surface area contributed by atoms with Crippen LogP contribution in [0.2, 0.25) is 0 Å². The van der Waals surface area contributed by atoms with Crippen LogP contribution in [0.25, 0.3) is 0 Å². The van der Waals surface area contributed by atoms with E-state index in [0.29, 0.717) is 24.4 Å². The molecule has 1 fully saturated rings. The highest BCUT2D eigenvalue weighted by Gasteiger charge is 2.19. The van der Waals surface area contributed by atoms with Gasteiger partial charge in [-0.2, -0.15) is 0 Å². The zero-order chi connectivity index (χ0) is 15.2. The molecule has 0 radical (unpaired) electrons. The molecule has 1 unspecified atom stereocenters. The molecule has 0 aliphatic carbocycles. The summed E-state index contributed by atoms with van der Waals surface area (Å²) < 4.78 is 0. The van der Waals surface area contributed by atoms with Crippen LogP contribution < -0.4 is 11.1 Å². The summed E-state index contributed by atoms with van der Waals surface area (Å²) in [7, 11) is 1.82. The largest absolute Gasteiger partial charge is 0.366 e. The Morgan fingerprint density at radius 1 is 1.33 bits per heavy atom. The van der Waals surface area contributed by atoms with E-state index < -0.39 is 5.91 Å². The van der Waals surface area contributed by atoms with Crippen molar-refractivity contribution in [2.75, 3.05) is 20.1 Å². The standard InChI is InChI=1S/C16H23N3O2/c1-19(15(20)9-13-3-2-8-18-10-13)11-12-4-6-14(7-5-12)16(17)21/h4-7,13,18H,2-3,8-11H2,1H3,(H2,17,21). The van der Waals surface area contributed by atoms with Crippen LogP contribution in [0.15, 0.2) is 24.3 Å². The Bertz CT molecular complexity index is 493. The molecule has 1 aliphatic rings. The Morgan fingerprint density at radius 2 is 2.05 bits per heavy atom. The summed E-state index contributed by atoms with van der Waals surface area (Å²) in [5.41, 5.74) is 6.69. The first-order chi connectivity index (χ1) is 10.1. The van der Waals surface area contributed by atoms with Crippen LogP contribution >= 0.6 is 0 Å². The fraction of sp³-hybridized carbons (Fsp3) is 0.500. The van der Waals surface area contributed by atoms with Crippen molar-refractivity contribution < 1.29 is 9.59 Å². The zero-order valence-corrected chi connectivity index (χ0v) is 12.5. The minimum Gasteiger partial charge on any atom is -0.366 e. The Balaban J connectivity index is 1.86. The van der Waals surface area contributed by atoms with Crippen LogP contribution in [-0.4, -0.2) is 36.9 Å². The normalized spacial score (nSPS) is 18.2. The number of amides is 2. The van der Waals surface area contributed by atoms with Crippen molar-refractivity contribution in [3.05, 3.63) is 35.4 Å². The third-order valence-electron chi connectivity index (χ3n) is 3.95. The van der Waals surface area contributed by atoms with Gasteiger partial charge in [-0.3, -0.25) is 9.59 Å². The second kappa shape index (κ2) is 7.22. The van der Waals surface area contributed by atoms with E-state index in [9.17, 15) is 9.59 Å². The topological polar surface area (TPSA) is 75.4 Å². The number of nitrogens with two attached hydrogens (primary N) is 1. The summed E-state index contributed by atoms with van der Waals surface area (Å²) >= 11 is 0. The smallest absolute Gasteiger partial charge is 0.248 e. The maximum Gasteiger partial charge on any atom is 0.248 e. The van der Waals surface area contributed by atoms with Gasteiger partial charge < -0.3 is 16.0 Å². The number of hydrogen-bond donors (Lipinski definition) is 2. The highest BCUT2D eigenvalue weighted by molar-refractivity contribution is 5.92. The molecule has 0 saturated carbocycles. The molecule has 1 saturated heterocycles. The van der Waals surface area contributed by atoms with Gasteiger partial charge in [0, 0.05) is 25.6 Å². The van der Waals surface area contributed by atoms with Crippen LogP contribution in [0.5, 0.6) is 0 Å². The van der Waals surface area contributed by atoms with E-state index >= 15 is 0 Å². The summed E-state index contributed by atoms with van der Waals surface area (Å²) in [5, 5.41) is 3.33. The van der Waals surface area contributed by atoms with Gasteiger partial charge in [-0.25, -0.2) is 0 Å². The van der Waals surface area contributed by atoms with Crippen LogP contribution in [-0.2, 0) is 11.3 Å². The predicted octanol–water partition coefficient (Wildman–Crippen LogP) is 1.13. The molecule has 1 aromatic rings. The van der Waals surface area contributed by atoms with Crippen molar-refractivity contribution in [2.24, 2.45) is 11.7 Å². The Labute approximate surface area is 125 Å². The number of hydrogen-bond acceptors (Lipinski definition) is 3. The monoisotopic (exact) mass is 289 g/mol. The maximum atomic E-state index is 12.2. The molecule has 1 aliphatic heterocycles. The summed E-state index contributed by atoms with van der Waals surface area (Å²) in [6.07, 6.45) is 2.87. The molecule has 3 N–H and O–H groups in total. The van der Waals surface area contributed by atoms with Crippen molar-refractivity contribution in [2.45, 2.75) is 25.8 Å². The minimum absolute atomic E-state index is 0.169. The number of rotatable bonds is 5. The highest BCUT2D eigenvalue weighted by atomic mass is 16.2. The third-order valence-corrected chi connectivity index (χ3v) is 3.95. The average molecular weight is 289 g/mol. The number of nitrogens with one attached hydrogen (secondary N) is 1. The van der Waals surface area contributed by atoms with E-state index in [1.807, 2.05) is 19.2 Å². The van der Waals surface area contributed by atoms with Gasteiger partial charge in [0.1, 0.15) is 0 Å². The molecule has 2 rings (SSSR count). The van der Waals surface area contributed by atoms with Gasteiger partial charge in [0.2, 0.25) is 11.8 Å². The van der Waals surface area contributed by atoms with Crippen molar-refractivity contribution in [3.63, 3.8) is 0 Å². The van der Waals surface area contributed by atoms with Crippen LogP contribution in [0.4, 0.5) is 0 Å². The van der Waals surface area contributed by atoms with Crippen molar-refractivity contribution >= 4 is 11.8 Å². The minimum atomic E-state index is -0.434. The SMILES string of the molecule is CN(Cc1ccc(C(N)=O)cc1)C(=O)CC1CCCNC1. The number of carbonyl (C=O) groups is 2.